The van der Waals surface area contributed by atoms with Crippen molar-refractivity contribution in [2.45, 2.75) is 12.8 Å². The third kappa shape index (κ3) is 9.49. The third-order valence-corrected chi connectivity index (χ3v) is 7.05. The molecule has 0 aliphatic carbocycles. The van der Waals surface area contributed by atoms with Gasteiger partial charge in [0.25, 0.3) is 23.6 Å². The number of nitrogens with one attached hydrogen (secondary N) is 4. The van der Waals surface area contributed by atoms with Gasteiger partial charge >= 0.3 is 0 Å². The first-order chi connectivity index (χ1) is 23.5. The maximum Gasteiger partial charge on any atom is 0.262 e. The first-order valence-electron chi connectivity index (χ1n) is 15.5. The van der Waals surface area contributed by atoms with E-state index in [0.29, 0.717) is 48.9 Å². The Kier molecular flexibility index (Phi) is 11.8. The molecule has 0 saturated carbocycles. The Labute approximate surface area is 277 Å². The van der Waals surface area contributed by atoms with Crippen molar-refractivity contribution >= 4 is 35.0 Å². The Morgan fingerprint density at radius 1 is 0.438 bits per heavy atom. The van der Waals surface area contributed by atoms with E-state index in [4.69, 9.17) is 18.9 Å². The van der Waals surface area contributed by atoms with E-state index in [9.17, 15) is 19.2 Å². The first-order valence-corrected chi connectivity index (χ1v) is 15.5. The topological polar surface area (TPSA) is 153 Å². The van der Waals surface area contributed by atoms with Gasteiger partial charge in [-0.25, -0.2) is 0 Å². The summed E-state index contributed by atoms with van der Waals surface area (Å²) in [5.41, 5.74) is 1.44. The van der Waals surface area contributed by atoms with E-state index in [2.05, 4.69) is 21.3 Å². The van der Waals surface area contributed by atoms with E-state index in [0.717, 1.165) is 0 Å². The number of benzene rings is 4. The van der Waals surface area contributed by atoms with Gasteiger partial charge in [-0.3, -0.25) is 19.2 Å². The highest BCUT2D eigenvalue weighted by atomic mass is 16.5. The van der Waals surface area contributed by atoms with Gasteiger partial charge in [-0.1, -0.05) is 48.5 Å². The lowest BCUT2D eigenvalue weighted by molar-refractivity contribution is -0.118. The van der Waals surface area contributed by atoms with Crippen LogP contribution in [0.1, 0.15) is 33.6 Å². The molecule has 0 saturated heterocycles. The summed E-state index contributed by atoms with van der Waals surface area (Å²) in [5, 5.41) is 11.1. The van der Waals surface area contributed by atoms with Crippen molar-refractivity contribution in [1.29, 1.82) is 0 Å². The lowest BCUT2D eigenvalue weighted by atomic mass is 10.2. The molecule has 1 heterocycles. The number of carbonyl (C=O) groups excluding carboxylic acids is 4. The monoisotopic (exact) mass is 652 g/mol. The molecule has 48 heavy (non-hydrogen) atoms. The maximum absolute atomic E-state index is 13.0. The molecule has 0 aromatic heterocycles. The predicted molar refractivity (Wildman–Crippen MR) is 179 cm³/mol. The zero-order valence-corrected chi connectivity index (χ0v) is 26.2. The molecule has 0 bridgehead atoms. The zero-order chi connectivity index (χ0) is 33.6. The molecular weight excluding hydrogens is 616 g/mol. The molecular formula is C36H36N4O8. The minimum absolute atomic E-state index is 0.114. The molecule has 5 rings (SSSR count). The van der Waals surface area contributed by atoms with Gasteiger partial charge in [0.1, 0.15) is 23.0 Å². The second-order valence-corrected chi connectivity index (χ2v) is 10.6. The number of carbonyl (C=O) groups is 4. The molecule has 4 aromatic carbocycles. The first kappa shape index (κ1) is 33.3. The molecule has 0 spiro atoms. The van der Waals surface area contributed by atoms with Crippen molar-refractivity contribution in [1.82, 2.24) is 10.6 Å². The Balaban J connectivity index is 1.29. The van der Waals surface area contributed by atoms with Gasteiger partial charge in [-0.05, 0) is 61.4 Å². The van der Waals surface area contributed by atoms with E-state index in [-0.39, 0.29) is 48.9 Å². The van der Waals surface area contributed by atoms with Crippen LogP contribution in [-0.4, -0.2) is 63.1 Å². The van der Waals surface area contributed by atoms with Crippen molar-refractivity contribution in [2.75, 3.05) is 50.2 Å². The lowest BCUT2D eigenvalue weighted by Crippen LogP contribution is -2.35. The minimum atomic E-state index is -0.436. The second kappa shape index (κ2) is 17.0. The number of ether oxygens (including phenoxy) is 4. The molecule has 12 nitrogen and oxygen atoms in total. The average molecular weight is 653 g/mol. The van der Waals surface area contributed by atoms with Crippen LogP contribution < -0.4 is 40.2 Å². The molecule has 1 aliphatic rings. The van der Waals surface area contributed by atoms with Crippen LogP contribution in [0.2, 0.25) is 0 Å². The fraction of sp³-hybridized carbons (Fsp3) is 0.222. The Hall–Kier alpha value is -6.04. The molecule has 1 aliphatic heterocycles. The van der Waals surface area contributed by atoms with Crippen LogP contribution in [-0.2, 0) is 9.59 Å². The molecule has 0 radical (unpaired) electrons. The Bertz CT molecular complexity index is 1620. The van der Waals surface area contributed by atoms with E-state index in [1.165, 1.54) is 0 Å². The number of amides is 4. The fourth-order valence-electron chi connectivity index (χ4n) is 4.72. The zero-order valence-electron chi connectivity index (χ0n) is 26.2. The summed E-state index contributed by atoms with van der Waals surface area (Å²) >= 11 is 0. The van der Waals surface area contributed by atoms with Gasteiger partial charge in [0, 0.05) is 13.1 Å². The number of hydrogen-bond donors (Lipinski definition) is 4. The van der Waals surface area contributed by atoms with Crippen LogP contribution in [0.15, 0.2) is 97.1 Å². The van der Waals surface area contributed by atoms with Crippen molar-refractivity contribution in [3.05, 3.63) is 108 Å². The van der Waals surface area contributed by atoms with Crippen molar-refractivity contribution < 1.29 is 38.1 Å². The second-order valence-electron chi connectivity index (χ2n) is 10.6. The van der Waals surface area contributed by atoms with Gasteiger partial charge in [0.15, 0.2) is 13.2 Å². The molecule has 0 unspecified atom stereocenters. The van der Waals surface area contributed by atoms with Crippen LogP contribution in [0.5, 0.6) is 23.0 Å². The molecule has 248 valence electrons. The molecule has 0 atom stereocenters. The standard InChI is InChI=1S/C36H36N4O8/c41-33-23-47-29-15-5-1-11-25(29)35(43)37-19-20-38-36(44)26-12-2-6-16-30(26)48-24-34(42)40-28-14-4-8-18-32(28)46-22-10-9-21-45-31-17-7-3-13-27(31)39-33/h1-8,11-18H,9-10,19-24H2,(H,37,43)(H,38,44)(H,39,41)(H,40,42). The van der Waals surface area contributed by atoms with Crippen LogP contribution >= 0.6 is 0 Å². The number of rotatable bonds is 0. The van der Waals surface area contributed by atoms with Gasteiger partial charge in [0.2, 0.25) is 0 Å². The highest BCUT2D eigenvalue weighted by Crippen LogP contribution is 2.26. The van der Waals surface area contributed by atoms with E-state index >= 15 is 0 Å². The van der Waals surface area contributed by atoms with Crippen LogP contribution in [0.3, 0.4) is 0 Å². The van der Waals surface area contributed by atoms with Gasteiger partial charge in [-0.15, -0.1) is 0 Å². The normalized spacial score (nSPS) is 15.5. The number of hydrogen-bond acceptors (Lipinski definition) is 8. The van der Waals surface area contributed by atoms with E-state index in [1.807, 2.05) is 12.1 Å². The van der Waals surface area contributed by atoms with Crippen molar-refractivity contribution in [3.8, 4) is 23.0 Å². The van der Waals surface area contributed by atoms with Crippen molar-refractivity contribution in [3.63, 3.8) is 0 Å². The van der Waals surface area contributed by atoms with E-state index < -0.39 is 23.6 Å². The summed E-state index contributed by atoms with van der Waals surface area (Å²) in [6, 6.07) is 27.3. The summed E-state index contributed by atoms with van der Waals surface area (Å²) in [4.78, 5) is 51.5. The maximum atomic E-state index is 13.0. The van der Waals surface area contributed by atoms with Crippen molar-refractivity contribution in [2.24, 2.45) is 0 Å². The predicted octanol–water partition coefficient (Wildman–Crippen LogP) is 4.43. The van der Waals surface area contributed by atoms with Crippen LogP contribution in [0, 0.1) is 0 Å². The summed E-state index contributed by atoms with van der Waals surface area (Å²) in [6.07, 6.45) is 1.33. The molecule has 4 aromatic rings. The molecule has 4 amide bonds. The third-order valence-electron chi connectivity index (χ3n) is 7.05. The minimum Gasteiger partial charge on any atom is -0.491 e. The average Bonchev–Trinajstić information content (AvgIpc) is 3.10. The summed E-state index contributed by atoms with van der Waals surface area (Å²) in [6.45, 7) is 0.311. The largest absolute Gasteiger partial charge is 0.491 e. The number of para-hydroxylation sites is 6. The van der Waals surface area contributed by atoms with Gasteiger partial charge in [0.05, 0.1) is 35.7 Å². The highest BCUT2D eigenvalue weighted by Gasteiger charge is 2.17. The summed E-state index contributed by atoms with van der Waals surface area (Å²) in [7, 11) is 0. The van der Waals surface area contributed by atoms with E-state index in [1.54, 1.807) is 84.9 Å². The SMILES string of the molecule is O=C1COc2ccccc2C(=O)NCCNC(=O)c2ccccc2OCC(=O)Nc2ccccc2OCCCCOc2ccccc2N1. The number of fused-ring (bicyclic) bond motifs is 4. The smallest absolute Gasteiger partial charge is 0.262 e. The Morgan fingerprint density at radius 3 is 1.25 bits per heavy atom. The molecule has 4 N–H and O–H groups in total. The van der Waals surface area contributed by atoms with Gasteiger partial charge < -0.3 is 40.2 Å². The van der Waals surface area contributed by atoms with Crippen LogP contribution in [0.25, 0.3) is 0 Å². The lowest BCUT2D eigenvalue weighted by Gasteiger charge is -2.15. The molecule has 0 fully saturated rings. The summed E-state index contributed by atoms with van der Waals surface area (Å²) < 4.78 is 23.3. The van der Waals surface area contributed by atoms with Crippen LogP contribution in [0.4, 0.5) is 11.4 Å². The fourth-order valence-corrected chi connectivity index (χ4v) is 4.72. The van der Waals surface area contributed by atoms with Gasteiger partial charge in [-0.2, -0.15) is 0 Å². The summed E-state index contributed by atoms with van der Waals surface area (Å²) in [5.74, 6) is -0.267. The Morgan fingerprint density at radius 2 is 0.812 bits per heavy atom. The number of anilines is 2. The molecule has 12 heteroatoms. The quantitative estimate of drug-likeness (QED) is 0.218. The highest BCUT2D eigenvalue weighted by molar-refractivity contribution is 5.99.